The second kappa shape index (κ2) is 5.13. The first-order valence-electron chi connectivity index (χ1n) is 8.12. The van der Waals surface area contributed by atoms with Crippen molar-refractivity contribution in [3.05, 3.63) is 70.6 Å². The Bertz CT molecular complexity index is 1010. The van der Waals surface area contributed by atoms with Crippen molar-refractivity contribution in [3.8, 4) is 0 Å². The van der Waals surface area contributed by atoms with Crippen LogP contribution in [-0.4, -0.2) is 15.3 Å². The third kappa shape index (κ3) is 2.18. The molecule has 0 saturated carbocycles. The first kappa shape index (κ1) is 14.8. The Kier molecular flexibility index (Phi) is 3.17. The molecule has 1 aliphatic rings. The Hall–Kier alpha value is -2.75. The number of nitrogens with zero attached hydrogens (tertiary/aromatic N) is 3. The lowest BCUT2D eigenvalue weighted by Crippen LogP contribution is -2.33. The summed E-state index contributed by atoms with van der Waals surface area (Å²) in [5.41, 5.74) is 2.34. The van der Waals surface area contributed by atoms with Crippen molar-refractivity contribution in [1.82, 2.24) is 9.55 Å². The molecule has 0 amide bonds. The van der Waals surface area contributed by atoms with E-state index in [0.29, 0.717) is 11.3 Å². The molecule has 0 N–H and O–H groups in total. The summed E-state index contributed by atoms with van der Waals surface area (Å²) in [4.78, 5) is 21.9. The van der Waals surface area contributed by atoms with E-state index in [2.05, 4.69) is 25.8 Å². The summed E-state index contributed by atoms with van der Waals surface area (Å²) in [6.45, 7) is 6.40. The average Bonchev–Trinajstić information content (AvgIpc) is 2.97. The molecule has 0 saturated heterocycles. The molecule has 1 aromatic heterocycles. The highest BCUT2D eigenvalue weighted by Gasteiger charge is 2.37. The van der Waals surface area contributed by atoms with E-state index < -0.39 is 0 Å². The standard InChI is InChI=1S/C20H19N3O/c1-20(2,3)17-16(13-9-5-4-6-10-13)23-18(22-17)14-11-7-8-12-15(14)21-19(23)24/h4-12,16H,1-3H3. The molecule has 0 bridgehead atoms. The Morgan fingerprint density at radius 1 is 0.958 bits per heavy atom. The van der Waals surface area contributed by atoms with Crippen LogP contribution < -0.4 is 5.69 Å². The van der Waals surface area contributed by atoms with Crippen LogP contribution in [0.2, 0.25) is 0 Å². The van der Waals surface area contributed by atoms with Crippen LogP contribution in [0.1, 0.15) is 32.4 Å². The summed E-state index contributed by atoms with van der Waals surface area (Å²) in [5, 5.41) is 0.914. The van der Waals surface area contributed by atoms with Crippen LogP contribution in [0.5, 0.6) is 0 Å². The molecule has 1 atom stereocenters. The van der Waals surface area contributed by atoms with Gasteiger partial charge in [0, 0.05) is 10.8 Å². The third-order valence-corrected chi connectivity index (χ3v) is 4.42. The van der Waals surface area contributed by atoms with Gasteiger partial charge >= 0.3 is 5.69 Å². The van der Waals surface area contributed by atoms with Gasteiger partial charge in [-0.15, -0.1) is 0 Å². The summed E-state index contributed by atoms with van der Waals surface area (Å²) >= 11 is 0. The fraction of sp³-hybridized carbons (Fsp3) is 0.250. The zero-order valence-corrected chi connectivity index (χ0v) is 14.0. The monoisotopic (exact) mass is 317 g/mol. The zero-order chi connectivity index (χ0) is 16.9. The first-order valence-corrected chi connectivity index (χ1v) is 8.12. The van der Waals surface area contributed by atoms with E-state index >= 15 is 0 Å². The molecule has 24 heavy (non-hydrogen) atoms. The quantitative estimate of drug-likeness (QED) is 0.678. The molecule has 0 fully saturated rings. The van der Waals surface area contributed by atoms with Crippen molar-refractivity contribution in [2.75, 3.05) is 0 Å². The molecule has 1 unspecified atom stereocenters. The molecule has 3 aromatic rings. The number of para-hydroxylation sites is 1. The maximum Gasteiger partial charge on any atom is 0.350 e. The van der Waals surface area contributed by atoms with Gasteiger partial charge in [0.2, 0.25) is 0 Å². The van der Waals surface area contributed by atoms with Gasteiger partial charge in [-0.2, -0.15) is 4.98 Å². The SMILES string of the molecule is CC(C)(C)C1=Nc2c3ccccc3nc(=O)n2C1c1ccccc1. The molecule has 0 spiro atoms. The topological polar surface area (TPSA) is 47.2 Å². The third-order valence-electron chi connectivity index (χ3n) is 4.42. The van der Waals surface area contributed by atoms with Gasteiger partial charge in [0.05, 0.1) is 11.2 Å². The summed E-state index contributed by atoms with van der Waals surface area (Å²) in [7, 11) is 0. The van der Waals surface area contributed by atoms with Crippen molar-refractivity contribution in [2.24, 2.45) is 10.4 Å². The molecule has 2 aromatic carbocycles. The van der Waals surface area contributed by atoms with E-state index in [1.165, 1.54) is 0 Å². The number of hydrogen-bond donors (Lipinski definition) is 0. The van der Waals surface area contributed by atoms with Crippen LogP contribution >= 0.6 is 0 Å². The van der Waals surface area contributed by atoms with Crippen LogP contribution in [0.3, 0.4) is 0 Å². The van der Waals surface area contributed by atoms with Crippen LogP contribution in [-0.2, 0) is 0 Å². The van der Waals surface area contributed by atoms with Gasteiger partial charge in [-0.1, -0.05) is 63.2 Å². The average molecular weight is 317 g/mol. The Labute approximate surface area is 140 Å². The van der Waals surface area contributed by atoms with E-state index in [0.717, 1.165) is 16.7 Å². The molecule has 4 heteroatoms. The molecular weight excluding hydrogens is 298 g/mol. The summed E-state index contributed by atoms with van der Waals surface area (Å²) < 4.78 is 1.73. The maximum absolute atomic E-state index is 12.8. The minimum absolute atomic E-state index is 0.153. The number of rotatable bonds is 1. The predicted octanol–water partition coefficient (Wildman–Crippen LogP) is 4.12. The van der Waals surface area contributed by atoms with Gasteiger partial charge in [0.1, 0.15) is 11.9 Å². The molecule has 2 heterocycles. The van der Waals surface area contributed by atoms with E-state index in [1.807, 2.05) is 54.6 Å². The summed E-state index contributed by atoms with van der Waals surface area (Å²) in [5.74, 6) is 0.712. The second-order valence-corrected chi connectivity index (χ2v) is 7.17. The molecule has 4 nitrogen and oxygen atoms in total. The van der Waals surface area contributed by atoms with Crippen molar-refractivity contribution in [2.45, 2.75) is 26.8 Å². The maximum atomic E-state index is 12.8. The van der Waals surface area contributed by atoms with Crippen LogP contribution in [0, 0.1) is 5.41 Å². The van der Waals surface area contributed by atoms with Crippen molar-refractivity contribution in [3.63, 3.8) is 0 Å². The number of hydrogen-bond acceptors (Lipinski definition) is 3. The Morgan fingerprint density at radius 2 is 1.62 bits per heavy atom. The van der Waals surface area contributed by atoms with Gasteiger partial charge in [0.15, 0.2) is 0 Å². The minimum atomic E-state index is -0.249. The Balaban J connectivity index is 2.08. The minimum Gasteiger partial charge on any atom is -0.263 e. The lowest BCUT2D eigenvalue weighted by Gasteiger charge is -2.25. The zero-order valence-electron chi connectivity index (χ0n) is 14.0. The van der Waals surface area contributed by atoms with Gasteiger partial charge in [-0.25, -0.2) is 9.79 Å². The number of fused-ring (bicyclic) bond motifs is 3. The lowest BCUT2D eigenvalue weighted by atomic mass is 9.83. The van der Waals surface area contributed by atoms with Crippen molar-refractivity contribution >= 4 is 22.4 Å². The van der Waals surface area contributed by atoms with Gasteiger partial charge in [-0.3, -0.25) is 4.57 Å². The predicted molar refractivity (Wildman–Crippen MR) is 97.1 cm³/mol. The van der Waals surface area contributed by atoms with Crippen LogP contribution in [0.4, 0.5) is 5.82 Å². The molecule has 0 radical (unpaired) electrons. The second-order valence-electron chi connectivity index (χ2n) is 7.17. The largest absolute Gasteiger partial charge is 0.350 e. The van der Waals surface area contributed by atoms with Gasteiger partial charge < -0.3 is 0 Å². The fourth-order valence-electron chi connectivity index (χ4n) is 3.30. The van der Waals surface area contributed by atoms with E-state index in [-0.39, 0.29) is 17.1 Å². The highest BCUT2D eigenvalue weighted by atomic mass is 16.1. The number of aliphatic imine (C=N–C) groups is 1. The smallest absolute Gasteiger partial charge is 0.263 e. The Morgan fingerprint density at radius 3 is 2.33 bits per heavy atom. The molecule has 120 valence electrons. The molecule has 1 aliphatic heterocycles. The molecule has 0 aliphatic carbocycles. The lowest BCUT2D eigenvalue weighted by molar-refractivity contribution is 0.555. The molecule has 4 rings (SSSR count). The van der Waals surface area contributed by atoms with E-state index in [1.54, 1.807) is 4.57 Å². The van der Waals surface area contributed by atoms with E-state index in [9.17, 15) is 4.79 Å². The van der Waals surface area contributed by atoms with Crippen molar-refractivity contribution < 1.29 is 0 Å². The highest BCUT2D eigenvalue weighted by molar-refractivity contribution is 6.03. The first-order chi connectivity index (χ1) is 11.5. The van der Waals surface area contributed by atoms with Gasteiger partial charge in [0.25, 0.3) is 0 Å². The number of aromatic nitrogens is 2. The van der Waals surface area contributed by atoms with E-state index in [4.69, 9.17) is 4.99 Å². The highest BCUT2D eigenvalue weighted by Crippen LogP contribution is 2.40. The van der Waals surface area contributed by atoms with Crippen LogP contribution in [0.25, 0.3) is 10.9 Å². The van der Waals surface area contributed by atoms with Gasteiger partial charge in [-0.05, 0) is 17.7 Å². The van der Waals surface area contributed by atoms with Crippen molar-refractivity contribution in [1.29, 1.82) is 0 Å². The number of benzene rings is 2. The van der Waals surface area contributed by atoms with Crippen LogP contribution in [0.15, 0.2) is 64.4 Å². The summed E-state index contributed by atoms with van der Waals surface area (Å²) in [6, 6.07) is 17.5. The molecular formula is C20H19N3O. The summed E-state index contributed by atoms with van der Waals surface area (Å²) in [6.07, 6.45) is 0. The normalized spacial score (nSPS) is 17.0. The fourth-order valence-corrected chi connectivity index (χ4v) is 3.30.